The number of hydrogen-bond donors (Lipinski definition) is 3. The summed E-state index contributed by atoms with van der Waals surface area (Å²) in [6, 6.07) is 12.8. The monoisotopic (exact) mass is 357 g/mol. The van der Waals surface area contributed by atoms with Crippen LogP contribution in [-0.2, 0) is 0 Å². The van der Waals surface area contributed by atoms with E-state index < -0.39 is 6.10 Å². The van der Waals surface area contributed by atoms with E-state index in [1.54, 1.807) is 19.2 Å². The van der Waals surface area contributed by atoms with Crippen molar-refractivity contribution in [1.82, 2.24) is 0 Å². The first-order chi connectivity index (χ1) is 12.7. The molecule has 0 fully saturated rings. The van der Waals surface area contributed by atoms with Gasteiger partial charge in [-0.15, -0.1) is 0 Å². The van der Waals surface area contributed by atoms with Gasteiger partial charge in [0.15, 0.2) is 17.5 Å². The molecule has 0 spiro atoms. The number of aliphatic hydroxyl groups excluding tert-OH is 1. The van der Waals surface area contributed by atoms with Crippen LogP contribution in [0.4, 0.5) is 5.69 Å². The number of nitrogens with two attached hydrogens (primary N) is 1. The summed E-state index contributed by atoms with van der Waals surface area (Å²) in [5.74, 6) is 2.21. The van der Waals surface area contributed by atoms with Gasteiger partial charge in [-0.2, -0.15) is 0 Å². The summed E-state index contributed by atoms with van der Waals surface area (Å²) in [5, 5.41) is 13.3. The molecule has 1 atom stereocenters. The van der Waals surface area contributed by atoms with E-state index in [4.69, 9.17) is 19.9 Å². The van der Waals surface area contributed by atoms with Crippen LogP contribution in [0.5, 0.6) is 17.2 Å². The van der Waals surface area contributed by atoms with Crippen molar-refractivity contribution in [1.29, 1.82) is 0 Å². The summed E-state index contributed by atoms with van der Waals surface area (Å²) in [6.07, 6.45) is 0.0392. The van der Waals surface area contributed by atoms with Gasteiger partial charge in [0.1, 0.15) is 11.9 Å². The number of nitrogens with zero attached hydrogens (tertiary/aromatic N) is 1. The minimum atomic E-state index is -0.810. The standard InChI is InChI=1S/C19H23N3O4/c1-24-16-6-3-2-5-14(16)15(23)12-21-19(20)22-13-7-8-17-18(11-13)26-10-4-9-25-17/h2-3,5-8,11,15,23H,4,9-10,12H2,1H3,(H3,20,21,22). The molecule has 4 N–H and O–H groups in total. The van der Waals surface area contributed by atoms with Crippen molar-refractivity contribution in [3.05, 3.63) is 48.0 Å². The van der Waals surface area contributed by atoms with Gasteiger partial charge in [0, 0.05) is 23.7 Å². The highest BCUT2D eigenvalue weighted by Crippen LogP contribution is 2.32. The highest BCUT2D eigenvalue weighted by molar-refractivity contribution is 5.92. The maximum atomic E-state index is 10.3. The summed E-state index contributed by atoms with van der Waals surface area (Å²) in [7, 11) is 1.56. The molecular weight excluding hydrogens is 334 g/mol. The number of aliphatic hydroxyl groups is 1. The van der Waals surface area contributed by atoms with Crippen LogP contribution in [0.25, 0.3) is 0 Å². The van der Waals surface area contributed by atoms with Crippen LogP contribution in [0, 0.1) is 0 Å². The Labute approximate surface area is 152 Å². The highest BCUT2D eigenvalue weighted by atomic mass is 16.5. The Morgan fingerprint density at radius 2 is 2.00 bits per heavy atom. The zero-order valence-corrected chi connectivity index (χ0v) is 14.6. The molecule has 7 nitrogen and oxygen atoms in total. The van der Waals surface area contributed by atoms with Gasteiger partial charge in [-0.25, -0.2) is 0 Å². The van der Waals surface area contributed by atoms with Crippen LogP contribution in [-0.4, -0.2) is 37.9 Å². The quantitative estimate of drug-likeness (QED) is 0.561. The third-order valence-corrected chi connectivity index (χ3v) is 3.95. The summed E-state index contributed by atoms with van der Waals surface area (Å²) < 4.78 is 16.5. The number of benzene rings is 2. The molecule has 3 rings (SSSR count). The van der Waals surface area contributed by atoms with Crippen LogP contribution in [0.15, 0.2) is 47.5 Å². The van der Waals surface area contributed by atoms with E-state index in [9.17, 15) is 5.11 Å². The van der Waals surface area contributed by atoms with E-state index in [0.29, 0.717) is 30.3 Å². The molecule has 0 radical (unpaired) electrons. The van der Waals surface area contributed by atoms with Gasteiger partial charge in [-0.3, -0.25) is 4.99 Å². The van der Waals surface area contributed by atoms with Crippen LogP contribution in [0.3, 0.4) is 0 Å². The third-order valence-electron chi connectivity index (χ3n) is 3.95. The smallest absolute Gasteiger partial charge is 0.193 e. The zero-order chi connectivity index (χ0) is 18.4. The van der Waals surface area contributed by atoms with Gasteiger partial charge >= 0.3 is 0 Å². The van der Waals surface area contributed by atoms with Crippen LogP contribution < -0.4 is 25.3 Å². The normalized spacial score (nSPS) is 15.1. The Bertz CT molecular complexity index is 779. The highest BCUT2D eigenvalue weighted by Gasteiger charge is 2.13. The molecule has 1 aliphatic rings. The molecule has 0 saturated carbocycles. The summed E-state index contributed by atoms with van der Waals surface area (Å²) in [6.45, 7) is 1.37. The second-order valence-electron chi connectivity index (χ2n) is 5.82. The van der Waals surface area contributed by atoms with Crippen LogP contribution in [0.2, 0.25) is 0 Å². The predicted molar refractivity (Wildman–Crippen MR) is 100 cm³/mol. The minimum Gasteiger partial charge on any atom is -0.496 e. The maximum Gasteiger partial charge on any atom is 0.193 e. The number of nitrogens with one attached hydrogen (secondary N) is 1. The molecule has 138 valence electrons. The fourth-order valence-corrected chi connectivity index (χ4v) is 2.65. The molecule has 0 amide bonds. The van der Waals surface area contributed by atoms with Gasteiger partial charge in [0.05, 0.1) is 26.9 Å². The van der Waals surface area contributed by atoms with E-state index in [0.717, 1.165) is 17.9 Å². The first-order valence-electron chi connectivity index (χ1n) is 8.45. The first-order valence-corrected chi connectivity index (χ1v) is 8.45. The van der Waals surface area contributed by atoms with Gasteiger partial charge in [0.25, 0.3) is 0 Å². The van der Waals surface area contributed by atoms with E-state index >= 15 is 0 Å². The molecule has 1 unspecified atom stereocenters. The van der Waals surface area contributed by atoms with Crippen molar-refractivity contribution >= 4 is 11.6 Å². The lowest BCUT2D eigenvalue weighted by Crippen LogP contribution is -2.23. The lowest BCUT2D eigenvalue weighted by atomic mass is 10.1. The second kappa shape index (κ2) is 8.44. The lowest BCUT2D eigenvalue weighted by molar-refractivity contribution is 0.182. The molecular formula is C19H23N3O4. The molecule has 7 heteroatoms. The van der Waals surface area contributed by atoms with E-state index in [1.807, 2.05) is 30.3 Å². The van der Waals surface area contributed by atoms with Crippen LogP contribution in [0.1, 0.15) is 18.1 Å². The number of hydrogen-bond acceptors (Lipinski definition) is 5. The van der Waals surface area contributed by atoms with Gasteiger partial charge in [0.2, 0.25) is 0 Å². The minimum absolute atomic E-state index is 0.115. The van der Waals surface area contributed by atoms with Gasteiger partial charge < -0.3 is 30.4 Å². The fraction of sp³-hybridized carbons (Fsp3) is 0.316. The molecule has 0 bridgehead atoms. The Balaban J connectivity index is 1.64. The van der Waals surface area contributed by atoms with Crippen molar-refractivity contribution in [2.24, 2.45) is 10.7 Å². The zero-order valence-electron chi connectivity index (χ0n) is 14.6. The number of anilines is 1. The van der Waals surface area contributed by atoms with E-state index in [-0.39, 0.29) is 12.5 Å². The lowest BCUT2D eigenvalue weighted by Gasteiger charge is -2.14. The molecule has 1 heterocycles. The van der Waals surface area contributed by atoms with Gasteiger partial charge in [-0.1, -0.05) is 18.2 Å². The molecule has 0 aliphatic carbocycles. The van der Waals surface area contributed by atoms with E-state index in [2.05, 4.69) is 10.3 Å². The summed E-state index contributed by atoms with van der Waals surface area (Å²) in [4.78, 5) is 4.21. The molecule has 0 aromatic heterocycles. The number of guanidine groups is 1. The average Bonchev–Trinajstić information content (AvgIpc) is 2.91. The Morgan fingerprint density at radius 1 is 1.23 bits per heavy atom. The van der Waals surface area contributed by atoms with Crippen molar-refractivity contribution in [3.63, 3.8) is 0 Å². The second-order valence-corrected chi connectivity index (χ2v) is 5.82. The van der Waals surface area contributed by atoms with Crippen molar-refractivity contribution in [2.75, 3.05) is 32.2 Å². The molecule has 1 aliphatic heterocycles. The number of rotatable bonds is 5. The molecule has 2 aromatic rings. The van der Waals surface area contributed by atoms with Crippen molar-refractivity contribution in [2.45, 2.75) is 12.5 Å². The summed E-state index contributed by atoms with van der Waals surface area (Å²) in [5.41, 5.74) is 7.34. The Hall–Kier alpha value is -2.93. The molecule has 2 aromatic carbocycles. The number of ether oxygens (including phenoxy) is 3. The predicted octanol–water partition coefficient (Wildman–Crippen LogP) is 2.32. The third kappa shape index (κ3) is 4.37. The largest absolute Gasteiger partial charge is 0.496 e. The number of aliphatic imine (C=N–C) groups is 1. The molecule has 26 heavy (non-hydrogen) atoms. The van der Waals surface area contributed by atoms with Crippen LogP contribution >= 0.6 is 0 Å². The number of fused-ring (bicyclic) bond motifs is 1. The SMILES string of the molecule is COc1ccccc1C(O)CN=C(N)Nc1ccc2c(c1)OCCCO2. The van der Waals surface area contributed by atoms with E-state index in [1.165, 1.54) is 0 Å². The fourth-order valence-electron chi connectivity index (χ4n) is 2.65. The number of methoxy groups -OCH3 is 1. The Kier molecular flexibility index (Phi) is 5.80. The van der Waals surface area contributed by atoms with Gasteiger partial charge in [-0.05, 0) is 18.2 Å². The average molecular weight is 357 g/mol. The van der Waals surface area contributed by atoms with Crippen molar-refractivity contribution < 1.29 is 19.3 Å². The number of para-hydroxylation sites is 1. The first kappa shape index (κ1) is 17.9. The topological polar surface area (TPSA) is 98.3 Å². The summed E-state index contributed by atoms with van der Waals surface area (Å²) >= 11 is 0. The molecule has 0 saturated heterocycles. The van der Waals surface area contributed by atoms with Crippen molar-refractivity contribution in [3.8, 4) is 17.2 Å². The maximum absolute atomic E-state index is 10.3. The Morgan fingerprint density at radius 3 is 2.81 bits per heavy atom.